The SMILES string of the molecule is Cc1ccc(C2C(C)C(=O)C(C)C(c3ccc(C)s3)N2C(=O)NC2CCCCC2)s1. The van der Waals surface area contributed by atoms with Gasteiger partial charge < -0.3 is 10.2 Å². The Balaban J connectivity index is 1.75. The Hall–Kier alpha value is -1.66. The van der Waals surface area contributed by atoms with E-state index >= 15 is 0 Å². The van der Waals surface area contributed by atoms with Crippen LogP contribution < -0.4 is 5.32 Å². The molecular weight excluding hydrogens is 412 g/mol. The minimum atomic E-state index is -0.219. The van der Waals surface area contributed by atoms with Gasteiger partial charge in [-0.2, -0.15) is 0 Å². The Kier molecular flexibility index (Phi) is 6.35. The molecule has 0 radical (unpaired) electrons. The number of ketones is 1. The number of Topliss-reactive ketones (excluding diaryl/α,β-unsaturated/α-hetero) is 1. The average molecular weight is 445 g/mol. The molecule has 162 valence electrons. The zero-order valence-corrected chi connectivity index (χ0v) is 19.9. The number of amides is 2. The number of piperidine rings is 1. The lowest BCUT2D eigenvalue weighted by atomic mass is 9.77. The molecule has 2 aromatic heterocycles. The standard InChI is InChI=1S/C24H32N2O2S2/c1-14-10-12-19(29-14)21-16(3)23(27)17(4)22(20-13-11-15(2)30-20)26(21)24(28)25-18-8-6-5-7-9-18/h10-13,16-18,21-22H,5-9H2,1-4H3,(H,25,28). The van der Waals surface area contributed by atoms with E-state index in [4.69, 9.17) is 0 Å². The Morgan fingerprint density at radius 1 is 0.900 bits per heavy atom. The second kappa shape index (κ2) is 8.83. The van der Waals surface area contributed by atoms with Crippen molar-refractivity contribution in [2.24, 2.45) is 11.8 Å². The van der Waals surface area contributed by atoms with Crippen LogP contribution in [0.2, 0.25) is 0 Å². The average Bonchev–Trinajstić information content (AvgIpc) is 3.34. The molecule has 4 nitrogen and oxygen atoms in total. The summed E-state index contributed by atoms with van der Waals surface area (Å²) in [7, 11) is 0. The van der Waals surface area contributed by atoms with Gasteiger partial charge in [0, 0.05) is 37.4 Å². The van der Waals surface area contributed by atoms with Crippen molar-refractivity contribution >= 4 is 34.5 Å². The molecule has 2 aliphatic rings. The second-order valence-electron chi connectivity index (χ2n) is 8.96. The van der Waals surface area contributed by atoms with Crippen LogP contribution in [0, 0.1) is 25.7 Å². The van der Waals surface area contributed by atoms with Gasteiger partial charge in [0.05, 0.1) is 12.1 Å². The van der Waals surface area contributed by atoms with Crippen molar-refractivity contribution in [1.82, 2.24) is 10.2 Å². The molecule has 4 atom stereocenters. The number of aryl methyl sites for hydroxylation is 2. The molecule has 1 aliphatic heterocycles. The molecule has 4 rings (SSSR count). The number of carbonyl (C=O) groups excluding carboxylic acids is 2. The highest BCUT2D eigenvalue weighted by Gasteiger charge is 2.49. The van der Waals surface area contributed by atoms with Crippen molar-refractivity contribution in [2.75, 3.05) is 0 Å². The lowest BCUT2D eigenvalue weighted by Gasteiger charge is -2.47. The van der Waals surface area contributed by atoms with Gasteiger partial charge in [-0.05, 0) is 51.0 Å². The minimum Gasteiger partial charge on any atom is -0.335 e. The number of rotatable bonds is 3. The van der Waals surface area contributed by atoms with E-state index in [1.807, 2.05) is 18.7 Å². The highest BCUT2D eigenvalue weighted by Crippen LogP contribution is 2.48. The molecule has 30 heavy (non-hydrogen) atoms. The first-order chi connectivity index (χ1) is 14.4. The third kappa shape index (κ3) is 4.09. The maximum Gasteiger partial charge on any atom is 0.318 e. The lowest BCUT2D eigenvalue weighted by molar-refractivity contribution is -0.135. The number of thiophene rings is 2. The summed E-state index contributed by atoms with van der Waals surface area (Å²) in [5.74, 6) is -0.177. The first-order valence-electron chi connectivity index (χ1n) is 11.1. The van der Waals surface area contributed by atoms with Gasteiger partial charge in [0.15, 0.2) is 0 Å². The maximum atomic E-state index is 13.8. The van der Waals surface area contributed by atoms with Gasteiger partial charge in [-0.3, -0.25) is 4.79 Å². The minimum absolute atomic E-state index is 0.0137. The quantitative estimate of drug-likeness (QED) is 0.595. The van der Waals surface area contributed by atoms with E-state index in [1.165, 1.54) is 29.0 Å². The molecule has 1 N–H and O–H groups in total. The van der Waals surface area contributed by atoms with Gasteiger partial charge in [-0.1, -0.05) is 33.1 Å². The Labute approximate surface area is 187 Å². The first kappa shape index (κ1) is 21.6. The molecule has 6 heteroatoms. The van der Waals surface area contributed by atoms with Gasteiger partial charge >= 0.3 is 6.03 Å². The van der Waals surface area contributed by atoms with Crippen molar-refractivity contribution < 1.29 is 9.59 Å². The maximum absolute atomic E-state index is 13.8. The van der Waals surface area contributed by atoms with E-state index in [-0.39, 0.29) is 41.8 Å². The summed E-state index contributed by atoms with van der Waals surface area (Å²) in [6, 6.07) is 8.18. The zero-order valence-electron chi connectivity index (χ0n) is 18.3. The first-order valence-corrected chi connectivity index (χ1v) is 12.8. The number of carbonyl (C=O) groups is 2. The monoisotopic (exact) mass is 444 g/mol. The van der Waals surface area contributed by atoms with Crippen LogP contribution in [0.4, 0.5) is 4.79 Å². The van der Waals surface area contributed by atoms with Crippen LogP contribution in [0.25, 0.3) is 0 Å². The van der Waals surface area contributed by atoms with Gasteiger partial charge in [0.2, 0.25) is 0 Å². The molecule has 1 saturated heterocycles. The summed E-state index contributed by atoms with van der Waals surface area (Å²) in [5.41, 5.74) is 0. The Bertz CT molecular complexity index is 856. The molecule has 2 fully saturated rings. The zero-order chi connectivity index (χ0) is 21.4. The van der Waals surface area contributed by atoms with Crippen molar-refractivity contribution in [1.29, 1.82) is 0 Å². The number of nitrogens with zero attached hydrogens (tertiary/aromatic N) is 1. The summed E-state index contributed by atoms with van der Waals surface area (Å²) in [6.45, 7) is 8.15. The number of nitrogens with one attached hydrogen (secondary N) is 1. The summed E-state index contributed by atoms with van der Waals surface area (Å²) in [6.07, 6.45) is 5.71. The van der Waals surface area contributed by atoms with E-state index in [9.17, 15) is 9.59 Å². The van der Waals surface area contributed by atoms with Crippen LogP contribution in [0.5, 0.6) is 0 Å². The summed E-state index contributed by atoms with van der Waals surface area (Å²) < 4.78 is 0. The van der Waals surface area contributed by atoms with Crippen LogP contribution in [-0.4, -0.2) is 22.8 Å². The predicted molar refractivity (Wildman–Crippen MR) is 124 cm³/mol. The van der Waals surface area contributed by atoms with Crippen LogP contribution in [0.3, 0.4) is 0 Å². The normalized spacial score (nSPS) is 28.0. The van der Waals surface area contributed by atoms with Gasteiger partial charge in [0.25, 0.3) is 0 Å². The fourth-order valence-corrected chi connectivity index (χ4v) is 7.29. The number of likely N-dealkylation sites (tertiary alicyclic amines) is 1. The third-order valence-electron chi connectivity index (χ3n) is 6.72. The predicted octanol–water partition coefficient (Wildman–Crippen LogP) is 6.41. The number of urea groups is 1. The van der Waals surface area contributed by atoms with Gasteiger partial charge in [-0.25, -0.2) is 4.79 Å². The van der Waals surface area contributed by atoms with Crippen LogP contribution >= 0.6 is 22.7 Å². The second-order valence-corrected chi connectivity index (χ2v) is 11.6. The smallest absolute Gasteiger partial charge is 0.318 e. The highest BCUT2D eigenvalue weighted by molar-refractivity contribution is 7.12. The lowest BCUT2D eigenvalue weighted by Crippen LogP contribution is -2.55. The Morgan fingerprint density at radius 3 is 1.83 bits per heavy atom. The molecule has 2 amide bonds. The molecule has 2 aromatic rings. The number of hydrogen-bond donors (Lipinski definition) is 1. The fourth-order valence-electron chi connectivity index (χ4n) is 5.12. The van der Waals surface area contributed by atoms with Crippen molar-refractivity contribution in [3.05, 3.63) is 43.8 Å². The van der Waals surface area contributed by atoms with Gasteiger partial charge in [0.1, 0.15) is 5.78 Å². The molecule has 0 aromatic carbocycles. The van der Waals surface area contributed by atoms with Crippen molar-refractivity contribution in [3.63, 3.8) is 0 Å². The molecule has 1 aliphatic carbocycles. The van der Waals surface area contributed by atoms with Crippen LogP contribution in [0.15, 0.2) is 24.3 Å². The largest absolute Gasteiger partial charge is 0.335 e. The van der Waals surface area contributed by atoms with Gasteiger partial charge in [-0.15, -0.1) is 22.7 Å². The molecule has 3 heterocycles. The topological polar surface area (TPSA) is 49.4 Å². The van der Waals surface area contributed by atoms with E-state index in [2.05, 4.69) is 43.4 Å². The molecule has 0 spiro atoms. The molecule has 4 unspecified atom stereocenters. The van der Waals surface area contributed by atoms with Crippen molar-refractivity contribution in [3.8, 4) is 0 Å². The van der Waals surface area contributed by atoms with E-state index < -0.39 is 0 Å². The molecule has 1 saturated carbocycles. The summed E-state index contributed by atoms with van der Waals surface area (Å²) in [5, 5.41) is 3.34. The Morgan fingerprint density at radius 2 is 1.40 bits per heavy atom. The molecule has 0 bridgehead atoms. The van der Waals surface area contributed by atoms with E-state index in [0.29, 0.717) is 0 Å². The summed E-state index contributed by atoms with van der Waals surface area (Å²) >= 11 is 3.40. The van der Waals surface area contributed by atoms with E-state index in [0.717, 1.165) is 22.6 Å². The van der Waals surface area contributed by atoms with E-state index in [1.54, 1.807) is 22.7 Å². The number of hydrogen-bond acceptors (Lipinski definition) is 4. The van der Waals surface area contributed by atoms with Crippen LogP contribution in [0.1, 0.15) is 77.5 Å². The highest BCUT2D eigenvalue weighted by atomic mass is 32.1. The third-order valence-corrected chi connectivity index (χ3v) is 8.86. The van der Waals surface area contributed by atoms with Crippen molar-refractivity contribution in [2.45, 2.75) is 77.9 Å². The fraction of sp³-hybridized carbons (Fsp3) is 0.583. The molecular formula is C24H32N2O2S2. The van der Waals surface area contributed by atoms with Crippen LogP contribution in [-0.2, 0) is 4.79 Å². The summed E-state index contributed by atoms with van der Waals surface area (Å²) in [4.78, 5) is 33.7.